The molecule has 0 spiro atoms. The monoisotopic (exact) mass is 403 g/mol. The second kappa shape index (κ2) is 9.00. The summed E-state index contributed by atoms with van der Waals surface area (Å²) in [6.45, 7) is 4.57. The van der Waals surface area contributed by atoms with Crippen LogP contribution >= 0.6 is 0 Å². The van der Waals surface area contributed by atoms with Gasteiger partial charge in [-0.25, -0.2) is 9.97 Å². The van der Waals surface area contributed by atoms with Gasteiger partial charge in [-0.3, -0.25) is 14.7 Å². The Kier molecular flexibility index (Phi) is 5.99. The second-order valence-corrected chi connectivity index (χ2v) is 7.45. The summed E-state index contributed by atoms with van der Waals surface area (Å²) in [5, 5.41) is 2.88. The van der Waals surface area contributed by atoms with E-state index in [1.165, 1.54) is 0 Å². The second-order valence-electron chi connectivity index (χ2n) is 7.45. The summed E-state index contributed by atoms with van der Waals surface area (Å²) in [4.78, 5) is 28.6. The highest BCUT2D eigenvalue weighted by atomic mass is 16.5. The van der Waals surface area contributed by atoms with Crippen LogP contribution in [0.3, 0.4) is 0 Å². The highest BCUT2D eigenvalue weighted by Crippen LogP contribution is 2.26. The van der Waals surface area contributed by atoms with Crippen molar-refractivity contribution in [2.45, 2.75) is 25.8 Å². The molecule has 4 rings (SSSR count). The molecular weight excluding hydrogens is 378 g/mol. The highest BCUT2D eigenvalue weighted by molar-refractivity contribution is 6.04. The van der Waals surface area contributed by atoms with Gasteiger partial charge in [-0.15, -0.1) is 0 Å². The molecule has 154 valence electrons. The Morgan fingerprint density at radius 3 is 2.73 bits per heavy atom. The van der Waals surface area contributed by atoms with Gasteiger partial charge in [0.15, 0.2) is 0 Å². The van der Waals surface area contributed by atoms with Gasteiger partial charge in [0.05, 0.1) is 24.1 Å². The van der Waals surface area contributed by atoms with Crippen molar-refractivity contribution in [3.8, 4) is 5.75 Å². The molecule has 7 heteroatoms. The van der Waals surface area contributed by atoms with Gasteiger partial charge in [0.1, 0.15) is 11.6 Å². The van der Waals surface area contributed by atoms with Crippen LogP contribution in [-0.2, 0) is 6.54 Å². The molecule has 3 aromatic rings. The summed E-state index contributed by atoms with van der Waals surface area (Å²) in [5.41, 5.74) is 2.94. The molecule has 1 aliphatic heterocycles. The normalized spacial score (nSPS) is 16.4. The third-order valence-electron chi connectivity index (χ3n) is 5.34. The van der Waals surface area contributed by atoms with E-state index in [1.54, 1.807) is 37.6 Å². The molecule has 1 amide bonds. The standard InChI is InChI=1S/C23H25N5O2/c1-16-21(23(29)27-18-6-8-20(30-2)9-7-18)13-25-22(26-16)17-10-12-28(14-17)15-19-5-3-4-11-24-19/h3-9,11,13,17H,10,12,14-15H2,1-2H3,(H,27,29). The van der Waals surface area contributed by atoms with Crippen molar-refractivity contribution in [1.82, 2.24) is 19.9 Å². The molecule has 3 heterocycles. The molecule has 0 radical (unpaired) electrons. The third kappa shape index (κ3) is 4.63. The van der Waals surface area contributed by atoms with Crippen LogP contribution < -0.4 is 10.1 Å². The lowest BCUT2D eigenvalue weighted by Crippen LogP contribution is -2.21. The molecule has 2 aromatic heterocycles. The van der Waals surface area contributed by atoms with Gasteiger partial charge in [0.2, 0.25) is 0 Å². The van der Waals surface area contributed by atoms with Crippen LogP contribution in [0.5, 0.6) is 5.75 Å². The van der Waals surface area contributed by atoms with E-state index >= 15 is 0 Å². The fourth-order valence-electron chi connectivity index (χ4n) is 3.69. The molecule has 1 saturated heterocycles. The number of likely N-dealkylation sites (tertiary alicyclic amines) is 1. The van der Waals surface area contributed by atoms with Gasteiger partial charge in [0.25, 0.3) is 5.91 Å². The smallest absolute Gasteiger partial charge is 0.259 e. The number of hydrogen-bond acceptors (Lipinski definition) is 6. The van der Waals surface area contributed by atoms with Crippen molar-refractivity contribution in [2.24, 2.45) is 0 Å². The maximum Gasteiger partial charge on any atom is 0.259 e. The summed E-state index contributed by atoms with van der Waals surface area (Å²) < 4.78 is 5.14. The van der Waals surface area contributed by atoms with Gasteiger partial charge >= 0.3 is 0 Å². The highest BCUT2D eigenvalue weighted by Gasteiger charge is 2.27. The number of aryl methyl sites for hydroxylation is 1. The zero-order valence-electron chi connectivity index (χ0n) is 17.2. The van der Waals surface area contributed by atoms with Crippen molar-refractivity contribution < 1.29 is 9.53 Å². The van der Waals surface area contributed by atoms with E-state index in [9.17, 15) is 4.79 Å². The van der Waals surface area contributed by atoms with Crippen LogP contribution in [-0.4, -0.2) is 46.0 Å². The Morgan fingerprint density at radius 2 is 2.03 bits per heavy atom. The topological polar surface area (TPSA) is 80.2 Å². The SMILES string of the molecule is COc1ccc(NC(=O)c2cnc(C3CCN(Cc4ccccn4)C3)nc2C)cc1. The fourth-order valence-corrected chi connectivity index (χ4v) is 3.69. The van der Waals surface area contributed by atoms with E-state index in [2.05, 4.69) is 25.2 Å². The van der Waals surface area contributed by atoms with E-state index in [-0.39, 0.29) is 11.8 Å². The molecule has 1 unspecified atom stereocenters. The van der Waals surface area contributed by atoms with E-state index in [1.807, 2.05) is 31.3 Å². The lowest BCUT2D eigenvalue weighted by molar-refractivity contribution is 0.102. The number of amides is 1. The number of ether oxygens (including phenoxy) is 1. The summed E-state index contributed by atoms with van der Waals surface area (Å²) in [5.74, 6) is 1.60. The number of methoxy groups -OCH3 is 1. The lowest BCUT2D eigenvalue weighted by atomic mass is 10.1. The largest absolute Gasteiger partial charge is 0.497 e. The predicted octanol–water partition coefficient (Wildman–Crippen LogP) is 3.43. The minimum Gasteiger partial charge on any atom is -0.497 e. The van der Waals surface area contributed by atoms with Crippen molar-refractivity contribution in [3.05, 3.63) is 77.6 Å². The fraction of sp³-hybridized carbons (Fsp3) is 0.304. The molecule has 0 bridgehead atoms. The quantitative estimate of drug-likeness (QED) is 0.679. The number of hydrogen-bond donors (Lipinski definition) is 1. The van der Waals surface area contributed by atoms with Crippen molar-refractivity contribution in [3.63, 3.8) is 0 Å². The maximum atomic E-state index is 12.6. The number of rotatable bonds is 6. The molecule has 30 heavy (non-hydrogen) atoms. The van der Waals surface area contributed by atoms with Crippen LogP contribution in [0.4, 0.5) is 5.69 Å². The number of aromatic nitrogens is 3. The average molecular weight is 403 g/mol. The Hall–Kier alpha value is -3.32. The Labute approximate surface area is 176 Å². The van der Waals surface area contributed by atoms with E-state index in [0.717, 1.165) is 43.3 Å². The number of benzene rings is 1. The van der Waals surface area contributed by atoms with E-state index in [0.29, 0.717) is 16.9 Å². The Morgan fingerprint density at radius 1 is 1.20 bits per heavy atom. The van der Waals surface area contributed by atoms with E-state index < -0.39 is 0 Å². The van der Waals surface area contributed by atoms with E-state index in [4.69, 9.17) is 4.74 Å². The summed E-state index contributed by atoms with van der Waals surface area (Å²) in [6, 6.07) is 13.2. The number of carbonyl (C=O) groups excluding carboxylic acids is 1. The molecule has 1 fully saturated rings. The molecule has 1 atom stereocenters. The zero-order valence-corrected chi connectivity index (χ0v) is 17.2. The number of anilines is 1. The van der Waals surface area contributed by atoms with Crippen LogP contribution in [0, 0.1) is 6.92 Å². The van der Waals surface area contributed by atoms with Crippen LogP contribution in [0.2, 0.25) is 0 Å². The number of nitrogens with zero attached hydrogens (tertiary/aromatic N) is 4. The predicted molar refractivity (Wildman–Crippen MR) is 115 cm³/mol. The van der Waals surface area contributed by atoms with Crippen molar-refractivity contribution in [2.75, 3.05) is 25.5 Å². The van der Waals surface area contributed by atoms with Gasteiger partial charge in [-0.05, 0) is 56.3 Å². The first kappa shape index (κ1) is 20.0. The minimum atomic E-state index is -0.215. The molecule has 0 aliphatic carbocycles. The lowest BCUT2D eigenvalue weighted by Gasteiger charge is -2.15. The zero-order chi connectivity index (χ0) is 20.9. The molecular formula is C23H25N5O2. The molecule has 1 aromatic carbocycles. The average Bonchev–Trinajstić information content (AvgIpc) is 3.23. The summed E-state index contributed by atoms with van der Waals surface area (Å²) in [6.07, 6.45) is 4.46. The van der Waals surface area contributed by atoms with Gasteiger partial charge in [-0.1, -0.05) is 6.07 Å². The molecule has 1 N–H and O–H groups in total. The number of nitrogens with one attached hydrogen (secondary N) is 1. The Bertz CT molecular complexity index is 1010. The maximum absolute atomic E-state index is 12.6. The third-order valence-corrected chi connectivity index (χ3v) is 5.34. The molecule has 7 nitrogen and oxygen atoms in total. The van der Waals surface area contributed by atoms with Crippen molar-refractivity contribution >= 4 is 11.6 Å². The Balaban J connectivity index is 1.39. The van der Waals surface area contributed by atoms with Gasteiger partial charge in [-0.2, -0.15) is 0 Å². The van der Waals surface area contributed by atoms with Crippen LogP contribution in [0.15, 0.2) is 54.9 Å². The first-order chi connectivity index (χ1) is 14.6. The first-order valence-electron chi connectivity index (χ1n) is 10.0. The van der Waals surface area contributed by atoms with Crippen LogP contribution in [0.1, 0.15) is 39.9 Å². The minimum absolute atomic E-state index is 0.215. The first-order valence-corrected chi connectivity index (χ1v) is 10.0. The number of pyridine rings is 1. The summed E-state index contributed by atoms with van der Waals surface area (Å²) >= 11 is 0. The van der Waals surface area contributed by atoms with Crippen molar-refractivity contribution in [1.29, 1.82) is 0 Å². The molecule has 0 saturated carbocycles. The van der Waals surface area contributed by atoms with Gasteiger partial charge < -0.3 is 10.1 Å². The molecule has 1 aliphatic rings. The summed E-state index contributed by atoms with van der Waals surface area (Å²) in [7, 11) is 1.61. The van der Waals surface area contributed by atoms with Gasteiger partial charge in [0, 0.05) is 37.1 Å². The number of carbonyl (C=O) groups is 1. The van der Waals surface area contributed by atoms with Crippen LogP contribution in [0.25, 0.3) is 0 Å².